The summed E-state index contributed by atoms with van der Waals surface area (Å²) in [7, 11) is 2.98. The summed E-state index contributed by atoms with van der Waals surface area (Å²) in [5, 5.41) is 1.98. The maximum absolute atomic E-state index is 12.8. The Kier molecular flexibility index (Phi) is 11.0. The van der Waals surface area contributed by atoms with Gasteiger partial charge in [0.05, 0.1) is 7.11 Å². The Morgan fingerprint density at radius 1 is 1.11 bits per heavy atom. The number of amides is 2. The molecule has 2 amide bonds. The maximum Gasteiger partial charge on any atom is 0.325 e. The third kappa shape index (κ3) is 8.42. The van der Waals surface area contributed by atoms with Crippen LogP contribution in [0.1, 0.15) is 61.3 Å². The minimum absolute atomic E-state index is 0.101. The van der Waals surface area contributed by atoms with Gasteiger partial charge in [-0.3, -0.25) is 24.6 Å². The fourth-order valence-corrected chi connectivity index (χ4v) is 4.51. The third-order valence-electron chi connectivity index (χ3n) is 5.69. The van der Waals surface area contributed by atoms with Crippen molar-refractivity contribution in [1.82, 2.24) is 20.7 Å². The van der Waals surface area contributed by atoms with E-state index in [1.807, 2.05) is 44.2 Å². The van der Waals surface area contributed by atoms with Gasteiger partial charge in [0.1, 0.15) is 16.7 Å². The number of rotatable bonds is 12. The van der Waals surface area contributed by atoms with Crippen LogP contribution in [0.3, 0.4) is 0 Å². The first-order chi connectivity index (χ1) is 17.0. The molecule has 2 N–H and O–H groups in total. The number of hydrazine groups is 1. The van der Waals surface area contributed by atoms with Gasteiger partial charge in [-0.15, -0.1) is 11.3 Å². The Labute approximate surface area is 215 Å². The van der Waals surface area contributed by atoms with Crippen molar-refractivity contribution in [2.45, 2.75) is 58.7 Å². The number of ether oxygens (including phenoxy) is 2. The Balaban J connectivity index is 2.14. The zero-order chi connectivity index (χ0) is 26.8. The molecule has 0 bridgehead atoms. The average molecular weight is 519 g/mol. The van der Waals surface area contributed by atoms with Gasteiger partial charge in [-0.05, 0) is 11.5 Å². The van der Waals surface area contributed by atoms with Crippen molar-refractivity contribution in [2.75, 3.05) is 14.2 Å². The number of aromatic nitrogens is 1. The minimum atomic E-state index is -0.804. The van der Waals surface area contributed by atoms with Crippen LogP contribution in [0.4, 0.5) is 0 Å². The van der Waals surface area contributed by atoms with Gasteiger partial charge in [0.2, 0.25) is 5.91 Å². The van der Waals surface area contributed by atoms with E-state index < -0.39 is 30.0 Å². The van der Waals surface area contributed by atoms with E-state index in [1.165, 1.54) is 32.3 Å². The number of hydrogen-bond acceptors (Lipinski definition) is 9. The smallest absolute Gasteiger partial charge is 0.325 e. The molecular weight excluding hydrogens is 484 g/mol. The van der Waals surface area contributed by atoms with Crippen molar-refractivity contribution in [3.63, 3.8) is 0 Å². The maximum atomic E-state index is 12.8. The number of methoxy groups -OCH3 is 1. The molecule has 11 heteroatoms. The summed E-state index contributed by atoms with van der Waals surface area (Å²) >= 11 is 1.18. The van der Waals surface area contributed by atoms with Crippen LogP contribution in [0.25, 0.3) is 0 Å². The van der Waals surface area contributed by atoms with E-state index in [1.54, 1.807) is 17.3 Å². The second-order valence-electron chi connectivity index (χ2n) is 8.71. The van der Waals surface area contributed by atoms with E-state index in [2.05, 4.69) is 15.8 Å². The Bertz CT molecular complexity index is 1040. The summed E-state index contributed by atoms with van der Waals surface area (Å²) < 4.78 is 10.4. The highest BCUT2D eigenvalue weighted by Gasteiger charge is 2.30. The average Bonchev–Trinajstić information content (AvgIpc) is 3.33. The molecule has 0 aliphatic rings. The molecule has 1 aromatic heterocycles. The SMILES string of the molecule is COC(=O)C(Cc1ccccc1)NNC(=O)c1csc(C(CC(C(C)C)N(C)C(C)=O)OC(C)=O)n1. The number of carbonyl (C=O) groups is 4. The first-order valence-electron chi connectivity index (χ1n) is 11.6. The summed E-state index contributed by atoms with van der Waals surface area (Å²) in [5.74, 6) is -1.57. The van der Waals surface area contributed by atoms with E-state index in [0.29, 0.717) is 17.8 Å². The summed E-state index contributed by atoms with van der Waals surface area (Å²) in [6, 6.07) is 8.32. The molecule has 3 unspecified atom stereocenters. The molecule has 1 aromatic carbocycles. The van der Waals surface area contributed by atoms with E-state index >= 15 is 0 Å². The quantitative estimate of drug-likeness (QED) is 0.324. The number of nitrogens with zero attached hydrogens (tertiary/aromatic N) is 2. The first-order valence-corrected chi connectivity index (χ1v) is 12.4. The second kappa shape index (κ2) is 13.7. The largest absolute Gasteiger partial charge is 0.468 e. The topological polar surface area (TPSA) is 127 Å². The van der Waals surface area contributed by atoms with E-state index in [9.17, 15) is 19.2 Å². The Hall–Kier alpha value is -3.31. The predicted molar refractivity (Wildman–Crippen MR) is 135 cm³/mol. The van der Waals surface area contributed by atoms with Gasteiger partial charge < -0.3 is 14.4 Å². The van der Waals surface area contributed by atoms with Gasteiger partial charge in [-0.2, -0.15) is 0 Å². The van der Waals surface area contributed by atoms with Crippen LogP contribution in [0.2, 0.25) is 0 Å². The summed E-state index contributed by atoms with van der Waals surface area (Å²) in [4.78, 5) is 54.7. The number of hydrogen-bond donors (Lipinski definition) is 2. The summed E-state index contributed by atoms with van der Waals surface area (Å²) in [5.41, 5.74) is 6.23. The van der Waals surface area contributed by atoms with Crippen molar-refractivity contribution < 1.29 is 28.7 Å². The molecular formula is C25H34N4O6S. The zero-order valence-electron chi connectivity index (χ0n) is 21.4. The van der Waals surface area contributed by atoms with Crippen LogP contribution in [0.5, 0.6) is 0 Å². The molecule has 36 heavy (non-hydrogen) atoms. The summed E-state index contributed by atoms with van der Waals surface area (Å²) in [6.07, 6.45) is -0.0795. The van der Waals surface area contributed by atoms with E-state index in [4.69, 9.17) is 9.47 Å². The zero-order valence-corrected chi connectivity index (χ0v) is 22.3. The summed E-state index contributed by atoms with van der Waals surface area (Å²) in [6.45, 7) is 6.74. The van der Waals surface area contributed by atoms with Crippen LogP contribution in [-0.2, 0) is 30.3 Å². The fourth-order valence-electron chi connectivity index (χ4n) is 3.67. The van der Waals surface area contributed by atoms with Gasteiger partial charge in [-0.25, -0.2) is 10.4 Å². The lowest BCUT2D eigenvalue weighted by atomic mass is 9.96. The molecule has 2 rings (SSSR count). The third-order valence-corrected chi connectivity index (χ3v) is 6.62. The molecule has 0 radical (unpaired) electrons. The minimum Gasteiger partial charge on any atom is -0.468 e. The van der Waals surface area contributed by atoms with E-state index in [0.717, 1.165) is 5.56 Å². The molecule has 10 nitrogen and oxygen atoms in total. The molecule has 196 valence electrons. The number of thiazole rings is 1. The van der Waals surface area contributed by atoms with Crippen LogP contribution < -0.4 is 10.9 Å². The number of nitrogens with one attached hydrogen (secondary N) is 2. The van der Waals surface area contributed by atoms with E-state index in [-0.39, 0.29) is 23.6 Å². The molecule has 0 saturated heterocycles. The van der Waals surface area contributed by atoms with Crippen molar-refractivity contribution in [3.8, 4) is 0 Å². The van der Waals surface area contributed by atoms with Gasteiger partial charge in [0.15, 0.2) is 6.10 Å². The van der Waals surface area contributed by atoms with Crippen molar-refractivity contribution in [2.24, 2.45) is 5.92 Å². The second-order valence-corrected chi connectivity index (χ2v) is 9.60. The predicted octanol–water partition coefficient (Wildman–Crippen LogP) is 2.66. The number of carbonyl (C=O) groups excluding carboxylic acids is 4. The molecule has 0 fully saturated rings. The normalized spacial score (nSPS) is 13.4. The molecule has 1 heterocycles. The van der Waals surface area contributed by atoms with Gasteiger partial charge in [0, 0.05) is 45.2 Å². The Morgan fingerprint density at radius 2 is 1.78 bits per heavy atom. The molecule has 3 atom stereocenters. The van der Waals surface area contributed by atoms with Crippen molar-refractivity contribution in [3.05, 3.63) is 52.0 Å². The molecule has 2 aromatic rings. The van der Waals surface area contributed by atoms with Crippen LogP contribution in [0, 0.1) is 5.92 Å². The van der Waals surface area contributed by atoms with Gasteiger partial charge in [0.25, 0.3) is 5.91 Å². The highest BCUT2D eigenvalue weighted by molar-refractivity contribution is 7.09. The lowest BCUT2D eigenvalue weighted by Gasteiger charge is -2.32. The highest BCUT2D eigenvalue weighted by atomic mass is 32.1. The number of benzene rings is 1. The fraction of sp³-hybridized carbons (Fsp3) is 0.480. The van der Waals surface area contributed by atoms with Crippen LogP contribution in [-0.4, -0.2) is 59.9 Å². The monoisotopic (exact) mass is 518 g/mol. The van der Waals surface area contributed by atoms with Gasteiger partial charge >= 0.3 is 11.9 Å². The first kappa shape index (κ1) is 28.9. The lowest BCUT2D eigenvalue weighted by Crippen LogP contribution is -2.49. The van der Waals surface area contributed by atoms with Crippen LogP contribution in [0.15, 0.2) is 35.7 Å². The Morgan fingerprint density at radius 3 is 2.33 bits per heavy atom. The molecule has 0 aliphatic heterocycles. The van der Waals surface area contributed by atoms with Crippen molar-refractivity contribution in [1.29, 1.82) is 0 Å². The standard InChI is InChI=1S/C25H34N4O6S/c1-15(2)21(29(5)16(3)30)13-22(35-17(4)31)24-26-20(14-36-24)23(32)28-27-19(25(33)34-6)12-18-10-8-7-9-11-18/h7-11,14-15,19,21-22,27H,12-13H2,1-6H3,(H,28,32). The van der Waals surface area contributed by atoms with Crippen molar-refractivity contribution >= 4 is 35.1 Å². The molecule has 0 spiro atoms. The number of esters is 2. The van der Waals surface area contributed by atoms with Gasteiger partial charge in [-0.1, -0.05) is 44.2 Å². The molecule has 0 saturated carbocycles. The highest BCUT2D eigenvalue weighted by Crippen LogP contribution is 2.30. The molecule has 0 aliphatic carbocycles. The van der Waals surface area contributed by atoms with Crippen LogP contribution >= 0.6 is 11.3 Å². The lowest BCUT2D eigenvalue weighted by molar-refractivity contribution is -0.148.